The van der Waals surface area contributed by atoms with Crippen molar-refractivity contribution in [2.75, 3.05) is 25.4 Å². The standard InChI is InChI=1S/C15H23BrN2O2/c1-2-3-4-5-6-18(7-8-19)15(20)12-9-13(16)11-14(17)10-12/h9-11,19H,2-8,17H2,1H3. The van der Waals surface area contributed by atoms with Crippen LogP contribution >= 0.6 is 15.9 Å². The zero-order valence-electron chi connectivity index (χ0n) is 11.9. The van der Waals surface area contributed by atoms with E-state index in [1.807, 2.05) is 0 Å². The van der Waals surface area contributed by atoms with Crippen molar-refractivity contribution < 1.29 is 9.90 Å². The Balaban J connectivity index is 2.71. The second kappa shape index (κ2) is 8.97. The van der Waals surface area contributed by atoms with Crippen LogP contribution in [0.2, 0.25) is 0 Å². The number of hydrogen-bond donors (Lipinski definition) is 2. The summed E-state index contributed by atoms with van der Waals surface area (Å²) in [5.74, 6) is -0.0800. The van der Waals surface area contributed by atoms with E-state index in [0.29, 0.717) is 24.3 Å². The van der Waals surface area contributed by atoms with Gasteiger partial charge < -0.3 is 15.7 Å². The topological polar surface area (TPSA) is 66.6 Å². The van der Waals surface area contributed by atoms with Gasteiger partial charge in [0.25, 0.3) is 5.91 Å². The summed E-state index contributed by atoms with van der Waals surface area (Å²) in [4.78, 5) is 14.1. The Labute approximate surface area is 129 Å². The van der Waals surface area contributed by atoms with E-state index in [2.05, 4.69) is 22.9 Å². The van der Waals surface area contributed by atoms with Gasteiger partial charge in [-0.25, -0.2) is 0 Å². The third-order valence-electron chi connectivity index (χ3n) is 3.11. The first kappa shape index (κ1) is 17.0. The number of halogens is 1. The summed E-state index contributed by atoms with van der Waals surface area (Å²) < 4.78 is 0.788. The number of unbranched alkanes of at least 4 members (excludes halogenated alkanes) is 3. The quantitative estimate of drug-likeness (QED) is 0.563. The van der Waals surface area contributed by atoms with Gasteiger partial charge >= 0.3 is 0 Å². The number of benzene rings is 1. The van der Waals surface area contributed by atoms with Gasteiger partial charge in [0, 0.05) is 28.8 Å². The second-order valence-corrected chi connectivity index (χ2v) is 5.77. The van der Waals surface area contributed by atoms with Crippen molar-refractivity contribution in [1.29, 1.82) is 0 Å². The fourth-order valence-electron chi connectivity index (χ4n) is 2.08. The highest BCUT2D eigenvalue weighted by atomic mass is 79.9. The Bertz CT molecular complexity index is 418. The van der Waals surface area contributed by atoms with E-state index >= 15 is 0 Å². The van der Waals surface area contributed by atoms with Crippen molar-refractivity contribution in [3.05, 3.63) is 28.2 Å². The first-order valence-corrected chi connectivity index (χ1v) is 7.84. The minimum Gasteiger partial charge on any atom is -0.399 e. The lowest BCUT2D eigenvalue weighted by atomic mass is 10.1. The van der Waals surface area contributed by atoms with E-state index in [1.54, 1.807) is 23.1 Å². The molecule has 3 N–H and O–H groups in total. The minimum absolute atomic E-state index is 0.0248. The van der Waals surface area contributed by atoms with Crippen LogP contribution in [0.15, 0.2) is 22.7 Å². The monoisotopic (exact) mass is 342 g/mol. The van der Waals surface area contributed by atoms with Gasteiger partial charge in [0.2, 0.25) is 0 Å². The molecule has 0 aliphatic heterocycles. The van der Waals surface area contributed by atoms with Crippen molar-refractivity contribution in [3.63, 3.8) is 0 Å². The summed E-state index contributed by atoms with van der Waals surface area (Å²) in [6.45, 7) is 3.16. The fourth-order valence-corrected chi connectivity index (χ4v) is 2.59. The predicted molar refractivity (Wildman–Crippen MR) is 85.7 cm³/mol. The molecule has 0 saturated carbocycles. The zero-order valence-corrected chi connectivity index (χ0v) is 13.5. The molecule has 4 nitrogen and oxygen atoms in total. The largest absolute Gasteiger partial charge is 0.399 e. The van der Waals surface area contributed by atoms with E-state index in [-0.39, 0.29) is 12.5 Å². The molecular weight excluding hydrogens is 320 g/mol. The third-order valence-corrected chi connectivity index (χ3v) is 3.56. The number of carbonyl (C=O) groups is 1. The van der Waals surface area contributed by atoms with Gasteiger partial charge in [-0.15, -0.1) is 0 Å². The molecule has 1 aromatic rings. The van der Waals surface area contributed by atoms with Crippen molar-refractivity contribution in [2.24, 2.45) is 0 Å². The Morgan fingerprint density at radius 1 is 1.25 bits per heavy atom. The van der Waals surface area contributed by atoms with E-state index in [1.165, 1.54) is 6.42 Å². The Kier molecular flexibility index (Phi) is 7.62. The molecule has 0 unspecified atom stereocenters. The maximum atomic E-state index is 12.4. The number of amides is 1. The first-order chi connectivity index (χ1) is 9.58. The van der Waals surface area contributed by atoms with Crippen LogP contribution in [-0.4, -0.2) is 35.6 Å². The van der Waals surface area contributed by atoms with Crippen LogP contribution < -0.4 is 5.73 Å². The molecule has 112 valence electrons. The summed E-state index contributed by atoms with van der Waals surface area (Å²) >= 11 is 3.34. The van der Waals surface area contributed by atoms with Gasteiger partial charge in [0.05, 0.1) is 6.61 Å². The first-order valence-electron chi connectivity index (χ1n) is 7.04. The van der Waals surface area contributed by atoms with E-state index in [0.717, 1.165) is 23.7 Å². The molecule has 0 saturated heterocycles. The van der Waals surface area contributed by atoms with Crippen LogP contribution in [0.3, 0.4) is 0 Å². The van der Waals surface area contributed by atoms with Crippen molar-refractivity contribution in [1.82, 2.24) is 4.90 Å². The van der Waals surface area contributed by atoms with E-state index in [9.17, 15) is 4.79 Å². The van der Waals surface area contributed by atoms with Gasteiger partial charge in [-0.1, -0.05) is 42.1 Å². The average Bonchev–Trinajstić information content (AvgIpc) is 2.40. The van der Waals surface area contributed by atoms with Gasteiger partial charge in [0.15, 0.2) is 0 Å². The third kappa shape index (κ3) is 5.51. The van der Waals surface area contributed by atoms with Gasteiger partial charge in [-0.2, -0.15) is 0 Å². The molecule has 20 heavy (non-hydrogen) atoms. The van der Waals surface area contributed by atoms with Crippen LogP contribution in [0.25, 0.3) is 0 Å². The van der Waals surface area contributed by atoms with Crippen LogP contribution in [0.4, 0.5) is 5.69 Å². The van der Waals surface area contributed by atoms with Crippen LogP contribution in [0.5, 0.6) is 0 Å². The molecule has 1 amide bonds. The normalized spacial score (nSPS) is 10.6. The number of aliphatic hydroxyl groups excluding tert-OH is 1. The lowest BCUT2D eigenvalue weighted by Gasteiger charge is -2.22. The molecule has 0 aromatic heterocycles. The molecule has 1 aromatic carbocycles. The number of aliphatic hydroxyl groups is 1. The van der Waals surface area contributed by atoms with Crippen LogP contribution in [-0.2, 0) is 0 Å². The van der Waals surface area contributed by atoms with Gasteiger partial charge in [-0.05, 0) is 24.6 Å². The van der Waals surface area contributed by atoms with E-state index < -0.39 is 0 Å². The number of nitrogens with two attached hydrogens (primary N) is 1. The molecule has 0 aliphatic rings. The number of anilines is 1. The lowest BCUT2D eigenvalue weighted by Crippen LogP contribution is -2.34. The molecule has 0 atom stereocenters. The van der Waals surface area contributed by atoms with E-state index in [4.69, 9.17) is 10.8 Å². The smallest absolute Gasteiger partial charge is 0.254 e. The molecule has 0 aliphatic carbocycles. The molecular formula is C15H23BrN2O2. The van der Waals surface area contributed by atoms with Crippen molar-refractivity contribution in [2.45, 2.75) is 32.6 Å². The zero-order chi connectivity index (χ0) is 15.0. The highest BCUT2D eigenvalue weighted by Gasteiger charge is 2.15. The number of carbonyl (C=O) groups excluding carboxylic acids is 1. The summed E-state index contributed by atoms with van der Waals surface area (Å²) in [6, 6.07) is 5.19. The predicted octanol–water partition coefficient (Wildman–Crippen LogP) is 3.05. The van der Waals surface area contributed by atoms with Gasteiger partial charge in [-0.3, -0.25) is 4.79 Å². The summed E-state index contributed by atoms with van der Waals surface area (Å²) in [7, 11) is 0. The molecule has 5 heteroatoms. The molecule has 0 radical (unpaired) electrons. The molecule has 0 fully saturated rings. The highest BCUT2D eigenvalue weighted by Crippen LogP contribution is 2.19. The van der Waals surface area contributed by atoms with Crippen LogP contribution in [0.1, 0.15) is 43.0 Å². The Hall–Kier alpha value is -1.07. The highest BCUT2D eigenvalue weighted by molar-refractivity contribution is 9.10. The lowest BCUT2D eigenvalue weighted by molar-refractivity contribution is 0.0718. The fraction of sp³-hybridized carbons (Fsp3) is 0.533. The number of hydrogen-bond acceptors (Lipinski definition) is 3. The average molecular weight is 343 g/mol. The summed E-state index contributed by atoms with van der Waals surface area (Å²) in [5.41, 5.74) is 6.87. The van der Waals surface area contributed by atoms with Crippen molar-refractivity contribution in [3.8, 4) is 0 Å². The molecule has 0 bridgehead atoms. The molecule has 0 heterocycles. The summed E-state index contributed by atoms with van der Waals surface area (Å²) in [6.07, 6.45) is 4.40. The molecule has 1 rings (SSSR count). The van der Waals surface area contributed by atoms with Crippen molar-refractivity contribution >= 4 is 27.5 Å². The van der Waals surface area contributed by atoms with Gasteiger partial charge in [0.1, 0.15) is 0 Å². The maximum absolute atomic E-state index is 12.4. The SMILES string of the molecule is CCCCCCN(CCO)C(=O)c1cc(N)cc(Br)c1. The second-order valence-electron chi connectivity index (χ2n) is 4.85. The Morgan fingerprint density at radius 3 is 2.60 bits per heavy atom. The maximum Gasteiger partial charge on any atom is 0.254 e. The number of rotatable bonds is 8. The number of nitrogen functional groups attached to an aromatic ring is 1. The van der Waals surface area contributed by atoms with Crippen LogP contribution in [0, 0.1) is 0 Å². The Morgan fingerprint density at radius 2 is 2.00 bits per heavy atom. The summed E-state index contributed by atoms with van der Waals surface area (Å²) in [5, 5.41) is 9.12. The number of nitrogens with zero attached hydrogens (tertiary/aromatic N) is 1. The minimum atomic E-state index is -0.0800. The molecule has 0 spiro atoms.